The average Bonchev–Trinajstić information content (AvgIpc) is 3.34. The van der Waals surface area contributed by atoms with Gasteiger partial charge in [-0.25, -0.2) is 26.3 Å². The predicted octanol–water partition coefficient (Wildman–Crippen LogP) is 10.2. The van der Waals surface area contributed by atoms with Crippen molar-refractivity contribution in [3.63, 3.8) is 0 Å². The van der Waals surface area contributed by atoms with E-state index in [0.29, 0.717) is 29.9 Å². The third-order valence-corrected chi connectivity index (χ3v) is 7.30. The summed E-state index contributed by atoms with van der Waals surface area (Å²) in [6.45, 7) is 3.06. The highest BCUT2D eigenvalue weighted by Crippen LogP contribution is 2.40. The summed E-state index contributed by atoms with van der Waals surface area (Å²) in [5.41, 5.74) is 1.31. The van der Waals surface area contributed by atoms with E-state index in [9.17, 15) is 30.7 Å². The Morgan fingerprint density at radius 3 is 1.95 bits per heavy atom. The van der Waals surface area contributed by atoms with Crippen molar-refractivity contribution in [2.45, 2.75) is 39.2 Å². The summed E-state index contributed by atoms with van der Waals surface area (Å²) in [4.78, 5) is 0. The molecule has 5 rings (SSSR count). The Bertz CT molecular complexity index is 1680. The predicted molar refractivity (Wildman–Crippen MR) is 145 cm³/mol. The molecule has 10 heteroatoms. The highest BCUT2D eigenvalue weighted by atomic mass is 19.3. The van der Waals surface area contributed by atoms with E-state index >= 15 is 4.39 Å². The number of hydrogen-bond acceptors (Lipinski definition) is 2. The Hall–Kier alpha value is -4.34. The van der Waals surface area contributed by atoms with Gasteiger partial charge in [-0.2, -0.15) is 8.78 Å². The maximum absolute atomic E-state index is 15.2. The lowest BCUT2D eigenvalue weighted by Gasteiger charge is -2.20. The molecule has 1 aliphatic rings. The summed E-state index contributed by atoms with van der Waals surface area (Å²) in [7, 11) is 0. The van der Waals surface area contributed by atoms with Crippen LogP contribution in [0.2, 0.25) is 0 Å². The van der Waals surface area contributed by atoms with Crippen LogP contribution in [0.3, 0.4) is 0 Å². The molecular weight excluding hydrogens is 580 g/mol. The average molecular weight is 605 g/mol. The normalized spacial score (nSPS) is 15.0. The van der Waals surface area contributed by atoms with Gasteiger partial charge in [-0.1, -0.05) is 43.7 Å². The largest absolute Gasteiger partial charge is 0.456 e. The second-order valence-electron chi connectivity index (χ2n) is 10.3. The van der Waals surface area contributed by atoms with E-state index < -0.39 is 58.1 Å². The molecule has 0 amide bonds. The maximum atomic E-state index is 15.2. The summed E-state index contributed by atoms with van der Waals surface area (Å²) in [5.74, 6) is -10.1. The SMILES string of the molecule is CCC1Cc2ccc(-c3ccc(-c4cc(F)c(C(F)(F)Oc5cc(F)c(O/C=C(/C)F)c(F)c5)c(F)c4)c(F)c3)cc2C1. The first kappa shape index (κ1) is 30.1. The lowest BCUT2D eigenvalue weighted by Crippen LogP contribution is -2.25. The van der Waals surface area contributed by atoms with Crippen LogP contribution in [0.4, 0.5) is 35.1 Å². The van der Waals surface area contributed by atoms with Gasteiger partial charge in [0.2, 0.25) is 0 Å². The Morgan fingerprint density at radius 2 is 1.35 bits per heavy atom. The number of allylic oxidation sites excluding steroid dienone is 1. The van der Waals surface area contributed by atoms with Crippen molar-refractivity contribution >= 4 is 0 Å². The lowest BCUT2D eigenvalue weighted by atomic mass is 9.96. The first-order valence-electron chi connectivity index (χ1n) is 13.3. The smallest absolute Gasteiger partial charge is 0.432 e. The van der Waals surface area contributed by atoms with E-state index in [-0.39, 0.29) is 23.3 Å². The van der Waals surface area contributed by atoms with E-state index in [1.807, 2.05) is 18.2 Å². The zero-order valence-electron chi connectivity index (χ0n) is 22.9. The third kappa shape index (κ3) is 6.23. The minimum atomic E-state index is -4.74. The van der Waals surface area contributed by atoms with Gasteiger partial charge in [0.1, 0.15) is 40.9 Å². The molecule has 0 fully saturated rings. The van der Waals surface area contributed by atoms with Gasteiger partial charge in [0.15, 0.2) is 17.4 Å². The lowest BCUT2D eigenvalue weighted by molar-refractivity contribution is -0.189. The van der Waals surface area contributed by atoms with Gasteiger partial charge in [0.05, 0.1) is 0 Å². The molecule has 0 saturated carbocycles. The topological polar surface area (TPSA) is 18.5 Å². The Kier molecular flexibility index (Phi) is 8.23. The summed E-state index contributed by atoms with van der Waals surface area (Å²) in [5, 5.41) is 0. The number of alkyl halides is 2. The van der Waals surface area contributed by atoms with Gasteiger partial charge in [-0.05, 0) is 71.7 Å². The minimum absolute atomic E-state index is 0.234. The minimum Gasteiger partial charge on any atom is -0.456 e. The van der Waals surface area contributed by atoms with Crippen LogP contribution in [-0.2, 0) is 19.0 Å². The molecule has 43 heavy (non-hydrogen) atoms. The van der Waals surface area contributed by atoms with E-state index in [4.69, 9.17) is 0 Å². The van der Waals surface area contributed by atoms with Gasteiger partial charge in [-0.3, -0.25) is 0 Å². The Morgan fingerprint density at radius 1 is 0.767 bits per heavy atom. The number of fused-ring (bicyclic) bond motifs is 1. The second-order valence-corrected chi connectivity index (χ2v) is 10.3. The third-order valence-electron chi connectivity index (χ3n) is 7.30. The summed E-state index contributed by atoms with van der Waals surface area (Å²) < 4.78 is 125. The summed E-state index contributed by atoms with van der Waals surface area (Å²) in [6, 6.07) is 11.5. The van der Waals surface area contributed by atoms with Crippen LogP contribution in [-0.4, -0.2) is 0 Å². The molecule has 0 bridgehead atoms. The molecule has 0 spiro atoms. The summed E-state index contributed by atoms with van der Waals surface area (Å²) >= 11 is 0. The molecular formula is C33H24F8O2. The van der Waals surface area contributed by atoms with E-state index in [1.54, 1.807) is 6.07 Å². The van der Waals surface area contributed by atoms with Crippen molar-refractivity contribution in [3.8, 4) is 33.8 Å². The fourth-order valence-electron chi connectivity index (χ4n) is 5.16. The van der Waals surface area contributed by atoms with Crippen molar-refractivity contribution in [2.24, 2.45) is 5.92 Å². The monoisotopic (exact) mass is 604 g/mol. The molecule has 1 aliphatic carbocycles. The zero-order chi connectivity index (χ0) is 31.1. The molecule has 1 unspecified atom stereocenters. The highest BCUT2D eigenvalue weighted by molar-refractivity contribution is 5.72. The molecule has 0 N–H and O–H groups in total. The molecule has 0 aliphatic heterocycles. The molecule has 0 aromatic heterocycles. The van der Waals surface area contributed by atoms with Gasteiger partial charge in [0, 0.05) is 17.7 Å². The maximum Gasteiger partial charge on any atom is 0.432 e. The Balaban J connectivity index is 1.40. The van der Waals surface area contributed by atoms with E-state index in [0.717, 1.165) is 31.7 Å². The number of rotatable bonds is 8. The van der Waals surface area contributed by atoms with Crippen LogP contribution in [0.25, 0.3) is 22.3 Å². The van der Waals surface area contributed by atoms with E-state index in [1.165, 1.54) is 23.3 Å². The zero-order valence-corrected chi connectivity index (χ0v) is 22.9. The molecule has 1 atom stereocenters. The van der Waals surface area contributed by atoms with Crippen LogP contribution >= 0.6 is 0 Å². The molecule has 0 radical (unpaired) electrons. The Labute approximate surface area is 242 Å². The van der Waals surface area contributed by atoms with Crippen molar-refractivity contribution in [2.75, 3.05) is 0 Å². The first-order chi connectivity index (χ1) is 20.4. The number of benzene rings is 4. The second kappa shape index (κ2) is 11.7. The van der Waals surface area contributed by atoms with Crippen LogP contribution in [0.15, 0.2) is 72.8 Å². The summed E-state index contributed by atoms with van der Waals surface area (Å²) in [6.07, 6.45) is -1.38. The van der Waals surface area contributed by atoms with Gasteiger partial charge in [0.25, 0.3) is 0 Å². The molecule has 4 aromatic rings. The van der Waals surface area contributed by atoms with Crippen molar-refractivity contribution < 1.29 is 44.6 Å². The fourth-order valence-corrected chi connectivity index (χ4v) is 5.16. The molecule has 0 saturated heterocycles. The molecule has 2 nitrogen and oxygen atoms in total. The molecule has 0 heterocycles. The van der Waals surface area contributed by atoms with Gasteiger partial charge in [-0.15, -0.1) is 0 Å². The standard InChI is InChI=1S/C33H24F8O2/c1-3-18-8-19-4-5-20(10-22(19)9-18)21-6-7-25(26(35)11-21)23-12-27(36)31(28(37)13-23)33(40,41)43-24-14-29(38)32(30(39)15-24)42-16-17(2)34/h4-7,10-16,18H,3,8-9H2,1-2H3/b17-16-. The van der Waals surface area contributed by atoms with Crippen LogP contribution in [0.1, 0.15) is 37.0 Å². The van der Waals surface area contributed by atoms with Crippen molar-refractivity contribution in [1.82, 2.24) is 0 Å². The highest BCUT2D eigenvalue weighted by Gasteiger charge is 2.41. The number of halogens is 8. The van der Waals surface area contributed by atoms with Crippen LogP contribution < -0.4 is 9.47 Å². The van der Waals surface area contributed by atoms with Gasteiger partial charge >= 0.3 is 6.11 Å². The number of hydrogen-bond donors (Lipinski definition) is 0. The van der Waals surface area contributed by atoms with Crippen LogP contribution in [0.5, 0.6) is 11.5 Å². The van der Waals surface area contributed by atoms with Crippen LogP contribution in [0, 0.1) is 35.0 Å². The fraction of sp³-hybridized carbons (Fsp3) is 0.212. The molecule has 4 aromatic carbocycles. The number of ether oxygens (including phenoxy) is 2. The van der Waals surface area contributed by atoms with Crippen molar-refractivity contribution in [1.29, 1.82) is 0 Å². The van der Waals surface area contributed by atoms with Gasteiger partial charge < -0.3 is 9.47 Å². The van der Waals surface area contributed by atoms with E-state index in [2.05, 4.69) is 16.4 Å². The quantitative estimate of drug-likeness (QED) is 0.147. The molecule has 224 valence electrons. The van der Waals surface area contributed by atoms with Crippen molar-refractivity contribution in [3.05, 3.63) is 119 Å². The first-order valence-corrected chi connectivity index (χ1v) is 13.3.